The maximum Gasteiger partial charge on any atom is 0.342 e. The largest absolute Gasteiger partial charge is 0.477 e. The molecule has 0 aliphatic heterocycles. The van der Waals surface area contributed by atoms with Crippen LogP contribution < -0.4 is 11.2 Å². The van der Waals surface area contributed by atoms with Crippen molar-refractivity contribution >= 4 is 5.97 Å². The van der Waals surface area contributed by atoms with E-state index in [1.165, 1.54) is 4.57 Å². The zero-order chi connectivity index (χ0) is 14.0. The fraction of sp³-hybridized carbons (Fsp3) is 0.154. The van der Waals surface area contributed by atoms with Crippen LogP contribution in [-0.2, 0) is 6.54 Å². The Morgan fingerprint density at radius 1 is 1.21 bits per heavy atom. The summed E-state index contributed by atoms with van der Waals surface area (Å²) >= 11 is 0. The first-order valence-electron chi connectivity index (χ1n) is 5.71. The number of aromatic nitrogens is 2. The monoisotopic (exact) mass is 260 g/mol. The van der Waals surface area contributed by atoms with Crippen LogP contribution in [-0.4, -0.2) is 20.2 Å². The van der Waals surface area contributed by atoms with Crippen molar-refractivity contribution in [2.45, 2.75) is 13.5 Å². The van der Waals surface area contributed by atoms with Gasteiger partial charge in [0.2, 0.25) is 0 Å². The normalized spacial score (nSPS) is 10.4. The van der Waals surface area contributed by atoms with Crippen molar-refractivity contribution in [1.29, 1.82) is 0 Å². The standard InChI is InChI=1S/C13H12N2O4/c1-2-14-8-10(12(17)18)11(16)15(13(14)19)9-6-4-3-5-7-9/h3-8H,2H2,1H3,(H,17,18). The number of para-hydroxylation sites is 1. The molecule has 0 aliphatic rings. The van der Waals surface area contributed by atoms with E-state index in [-0.39, 0.29) is 6.54 Å². The van der Waals surface area contributed by atoms with Crippen LogP contribution >= 0.6 is 0 Å². The van der Waals surface area contributed by atoms with Gasteiger partial charge in [0, 0.05) is 12.7 Å². The molecule has 0 fully saturated rings. The van der Waals surface area contributed by atoms with E-state index in [4.69, 9.17) is 5.11 Å². The van der Waals surface area contributed by atoms with Crippen molar-refractivity contribution < 1.29 is 9.90 Å². The molecule has 0 radical (unpaired) electrons. The van der Waals surface area contributed by atoms with Crippen LogP contribution in [0.2, 0.25) is 0 Å². The van der Waals surface area contributed by atoms with E-state index >= 15 is 0 Å². The van der Waals surface area contributed by atoms with Gasteiger partial charge in [-0.05, 0) is 19.1 Å². The lowest BCUT2D eigenvalue weighted by Gasteiger charge is -2.09. The number of aryl methyl sites for hydroxylation is 1. The van der Waals surface area contributed by atoms with Crippen molar-refractivity contribution in [1.82, 2.24) is 9.13 Å². The number of benzene rings is 1. The van der Waals surface area contributed by atoms with Gasteiger partial charge in [-0.25, -0.2) is 14.2 Å². The molecule has 98 valence electrons. The first-order chi connectivity index (χ1) is 9.06. The molecule has 0 atom stereocenters. The van der Waals surface area contributed by atoms with Crippen LogP contribution in [0.5, 0.6) is 0 Å². The quantitative estimate of drug-likeness (QED) is 0.881. The van der Waals surface area contributed by atoms with Gasteiger partial charge in [0.05, 0.1) is 5.69 Å². The van der Waals surface area contributed by atoms with E-state index in [1.54, 1.807) is 37.3 Å². The summed E-state index contributed by atoms with van der Waals surface area (Å²) in [4.78, 5) is 35.3. The lowest BCUT2D eigenvalue weighted by Crippen LogP contribution is -2.41. The van der Waals surface area contributed by atoms with E-state index in [2.05, 4.69) is 0 Å². The molecule has 1 aromatic heterocycles. The molecule has 0 spiro atoms. The summed E-state index contributed by atoms with van der Waals surface area (Å²) in [7, 11) is 0. The Bertz CT molecular complexity index is 729. The van der Waals surface area contributed by atoms with E-state index in [1.807, 2.05) is 0 Å². The molecule has 0 saturated carbocycles. The smallest absolute Gasteiger partial charge is 0.342 e. The first kappa shape index (κ1) is 12.8. The minimum atomic E-state index is -1.35. The second-order valence-electron chi connectivity index (χ2n) is 3.89. The maximum absolute atomic E-state index is 12.1. The van der Waals surface area contributed by atoms with Crippen molar-refractivity contribution in [3.05, 3.63) is 62.9 Å². The van der Waals surface area contributed by atoms with Gasteiger partial charge in [-0.1, -0.05) is 18.2 Å². The highest BCUT2D eigenvalue weighted by atomic mass is 16.4. The zero-order valence-electron chi connectivity index (χ0n) is 10.2. The Morgan fingerprint density at radius 3 is 2.37 bits per heavy atom. The summed E-state index contributed by atoms with van der Waals surface area (Å²) < 4.78 is 2.06. The van der Waals surface area contributed by atoms with Crippen LogP contribution in [0.1, 0.15) is 17.3 Å². The highest BCUT2D eigenvalue weighted by Gasteiger charge is 2.16. The molecule has 0 amide bonds. The van der Waals surface area contributed by atoms with Gasteiger partial charge >= 0.3 is 11.7 Å². The van der Waals surface area contributed by atoms with Gasteiger partial charge in [-0.2, -0.15) is 0 Å². The third-order valence-corrected chi connectivity index (χ3v) is 2.74. The highest BCUT2D eigenvalue weighted by Crippen LogP contribution is 2.02. The fourth-order valence-corrected chi connectivity index (χ4v) is 1.78. The van der Waals surface area contributed by atoms with Crippen LogP contribution in [0.4, 0.5) is 0 Å². The van der Waals surface area contributed by atoms with Gasteiger partial charge in [-0.15, -0.1) is 0 Å². The summed E-state index contributed by atoms with van der Waals surface area (Å²) in [6.45, 7) is 1.99. The van der Waals surface area contributed by atoms with E-state index in [9.17, 15) is 14.4 Å². The van der Waals surface area contributed by atoms with Crippen molar-refractivity contribution in [2.24, 2.45) is 0 Å². The molecule has 6 nitrogen and oxygen atoms in total. The predicted molar refractivity (Wildman–Crippen MR) is 68.9 cm³/mol. The van der Waals surface area contributed by atoms with Gasteiger partial charge in [-0.3, -0.25) is 9.36 Å². The van der Waals surface area contributed by atoms with Crippen LogP contribution in [0.15, 0.2) is 46.1 Å². The SMILES string of the molecule is CCn1cc(C(=O)O)c(=O)n(-c2ccccc2)c1=O. The van der Waals surface area contributed by atoms with E-state index in [0.717, 1.165) is 10.8 Å². The minimum absolute atomic E-state index is 0.284. The van der Waals surface area contributed by atoms with Crippen LogP contribution in [0.3, 0.4) is 0 Å². The molecular formula is C13H12N2O4. The third-order valence-electron chi connectivity index (χ3n) is 2.74. The second-order valence-corrected chi connectivity index (χ2v) is 3.89. The van der Waals surface area contributed by atoms with Crippen molar-refractivity contribution in [3.63, 3.8) is 0 Å². The third kappa shape index (κ3) is 2.20. The fourth-order valence-electron chi connectivity index (χ4n) is 1.78. The summed E-state index contributed by atoms with van der Waals surface area (Å²) in [6, 6.07) is 8.24. The maximum atomic E-state index is 12.1. The number of hydrogen-bond acceptors (Lipinski definition) is 3. The number of hydrogen-bond donors (Lipinski definition) is 1. The molecule has 6 heteroatoms. The number of carboxylic acid groups (broad SMARTS) is 1. The predicted octanol–water partition coefficient (Wildman–Crippen LogP) is 0.717. The van der Waals surface area contributed by atoms with E-state index in [0.29, 0.717) is 5.69 Å². The lowest BCUT2D eigenvalue weighted by atomic mass is 10.3. The summed E-state index contributed by atoms with van der Waals surface area (Å²) in [5.41, 5.74) is -1.45. The van der Waals surface area contributed by atoms with Gasteiger partial charge < -0.3 is 5.11 Å². The average molecular weight is 260 g/mol. The van der Waals surface area contributed by atoms with Crippen molar-refractivity contribution in [2.75, 3.05) is 0 Å². The zero-order valence-corrected chi connectivity index (χ0v) is 10.2. The Hall–Kier alpha value is -2.63. The van der Waals surface area contributed by atoms with Crippen LogP contribution in [0.25, 0.3) is 5.69 Å². The minimum Gasteiger partial charge on any atom is -0.477 e. The molecule has 1 N–H and O–H groups in total. The lowest BCUT2D eigenvalue weighted by molar-refractivity contribution is 0.0693. The second kappa shape index (κ2) is 4.93. The topological polar surface area (TPSA) is 81.3 Å². The molecule has 0 bridgehead atoms. The average Bonchev–Trinajstić information content (AvgIpc) is 2.40. The molecule has 0 aliphatic carbocycles. The molecule has 19 heavy (non-hydrogen) atoms. The van der Waals surface area contributed by atoms with Gasteiger partial charge in [0.25, 0.3) is 5.56 Å². The Labute approximate surface area is 108 Å². The Kier molecular flexibility index (Phi) is 3.33. The molecule has 2 aromatic rings. The molecule has 2 rings (SSSR count). The van der Waals surface area contributed by atoms with Gasteiger partial charge in [0.1, 0.15) is 5.56 Å². The number of aromatic carboxylic acids is 1. The number of nitrogens with zero attached hydrogens (tertiary/aromatic N) is 2. The number of carbonyl (C=O) groups is 1. The summed E-state index contributed by atoms with van der Waals surface area (Å²) in [6.07, 6.45) is 1.08. The Balaban J connectivity index is 2.87. The highest BCUT2D eigenvalue weighted by molar-refractivity contribution is 5.86. The van der Waals surface area contributed by atoms with Crippen LogP contribution in [0, 0.1) is 0 Å². The first-order valence-corrected chi connectivity index (χ1v) is 5.71. The summed E-state index contributed by atoms with van der Waals surface area (Å²) in [5, 5.41) is 9.02. The molecular weight excluding hydrogens is 248 g/mol. The summed E-state index contributed by atoms with van der Waals surface area (Å²) in [5.74, 6) is -1.35. The number of carboxylic acids is 1. The molecule has 1 heterocycles. The van der Waals surface area contributed by atoms with Gasteiger partial charge in [0.15, 0.2) is 0 Å². The molecule has 0 saturated heterocycles. The molecule has 1 aromatic carbocycles. The Morgan fingerprint density at radius 2 is 1.84 bits per heavy atom. The van der Waals surface area contributed by atoms with E-state index < -0.39 is 22.8 Å². The number of rotatable bonds is 3. The molecule has 0 unspecified atom stereocenters. The van der Waals surface area contributed by atoms with Crippen molar-refractivity contribution in [3.8, 4) is 5.69 Å².